The van der Waals surface area contributed by atoms with E-state index in [1.807, 2.05) is 0 Å². The summed E-state index contributed by atoms with van der Waals surface area (Å²) in [5.41, 5.74) is 0.353. The van der Waals surface area contributed by atoms with Gasteiger partial charge in [0.15, 0.2) is 11.6 Å². The molecule has 1 saturated heterocycles. The second-order valence-electron chi connectivity index (χ2n) is 6.74. The quantitative estimate of drug-likeness (QED) is 0.848. The summed E-state index contributed by atoms with van der Waals surface area (Å²) < 4.78 is 44.6. The molecule has 1 aromatic rings. The van der Waals surface area contributed by atoms with Crippen molar-refractivity contribution in [3.8, 4) is 5.75 Å². The van der Waals surface area contributed by atoms with Crippen molar-refractivity contribution < 1.29 is 22.7 Å². The van der Waals surface area contributed by atoms with Crippen LogP contribution in [0.3, 0.4) is 0 Å². The molecule has 2 fully saturated rings. The zero-order chi connectivity index (χ0) is 16.7. The number of benzene rings is 1. The SMILES string of the molecule is COc1ccc(CCC(=O)N2CCC3(C2)CC(F)(F)C3)cc1F. The number of rotatable bonds is 4. The zero-order valence-corrected chi connectivity index (χ0v) is 13.1. The van der Waals surface area contributed by atoms with Gasteiger partial charge in [-0.05, 0) is 30.5 Å². The number of likely N-dealkylation sites (tertiary alicyclic amines) is 1. The molecule has 1 amide bonds. The smallest absolute Gasteiger partial charge is 0.249 e. The van der Waals surface area contributed by atoms with Gasteiger partial charge in [0.05, 0.1) is 7.11 Å². The van der Waals surface area contributed by atoms with E-state index in [-0.39, 0.29) is 36.3 Å². The van der Waals surface area contributed by atoms with Crippen LogP contribution in [0.2, 0.25) is 0 Å². The fourth-order valence-corrected chi connectivity index (χ4v) is 3.76. The van der Waals surface area contributed by atoms with Crippen LogP contribution in [0.1, 0.15) is 31.2 Å². The molecule has 0 radical (unpaired) electrons. The van der Waals surface area contributed by atoms with Gasteiger partial charge < -0.3 is 9.64 Å². The van der Waals surface area contributed by atoms with E-state index in [0.717, 1.165) is 5.56 Å². The Hall–Kier alpha value is -1.72. The van der Waals surface area contributed by atoms with Crippen molar-refractivity contribution in [1.29, 1.82) is 0 Å². The molecule has 2 aliphatic rings. The van der Waals surface area contributed by atoms with E-state index in [9.17, 15) is 18.0 Å². The van der Waals surface area contributed by atoms with Gasteiger partial charge in [-0.25, -0.2) is 13.2 Å². The number of nitrogens with zero attached hydrogens (tertiary/aromatic N) is 1. The standard InChI is InChI=1S/C17H20F3NO2/c1-23-14-4-2-12(8-13(14)18)3-5-15(22)21-7-6-16(11-21)9-17(19,20)10-16/h2,4,8H,3,5-7,9-11H2,1H3. The minimum absolute atomic E-state index is 0.0479. The van der Waals surface area contributed by atoms with Crippen LogP contribution in [0.5, 0.6) is 5.75 Å². The summed E-state index contributed by atoms with van der Waals surface area (Å²) in [7, 11) is 1.40. The van der Waals surface area contributed by atoms with E-state index in [2.05, 4.69) is 0 Å². The molecule has 0 atom stereocenters. The molecule has 6 heteroatoms. The number of hydrogen-bond acceptors (Lipinski definition) is 2. The molecule has 1 aliphatic heterocycles. The maximum Gasteiger partial charge on any atom is 0.249 e. The number of aryl methyl sites for hydroxylation is 1. The van der Waals surface area contributed by atoms with Gasteiger partial charge in [-0.2, -0.15) is 0 Å². The Morgan fingerprint density at radius 3 is 2.70 bits per heavy atom. The third-order valence-corrected chi connectivity index (χ3v) is 4.90. The minimum Gasteiger partial charge on any atom is -0.494 e. The topological polar surface area (TPSA) is 29.5 Å². The van der Waals surface area contributed by atoms with E-state index < -0.39 is 11.7 Å². The van der Waals surface area contributed by atoms with Gasteiger partial charge in [0.25, 0.3) is 0 Å². The van der Waals surface area contributed by atoms with Crippen LogP contribution < -0.4 is 4.74 Å². The normalized spacial score (nSPS) is 21.3. The molecule has 23 heavy (non-hydrogen) atoms. The molecule has 0 bridgehead atoms. The van der Waals surface area contributed by atoms with Crippen molar-refractivity contribution in [1.82, 2.24) is 4.90 Å². The van der Waals surface area contributed by atoms with Gasteiger partial charge >= 0.3 is 0 Å². The van der Waals surface area contributed by atoms with Gasteiger partial charge in [0, 0.05) is 37.8 Å². The lowest BCUT2D eigenvalue weighted by Crippen LogP contribution is -2.48. The number of amides is 1. The van der Waals surface area contributed by atoms with Gasteiger partial charge in [0.1, 0.15) is 0 Å². The van der Waals surface area contributed by atoms with Gasteiger partial charge in [-0.15, -0.1) is 0 Å². The van der Waals surface area contributed by atoms with Crippen LogP contribution in [-0.2, 0) is 11.2 Å². The van der Waals surface area contributed by atoms with Crippen molar-refractivity contribution >= 4 is 5.91 Å². The average molecular weight is 327 g/mol. The van der Waals surface area contributed by atoms with Crippen LogP contribution in [0.4, 0.5) is 13.2 Å². The number of carbonyl (C=O) groups is 1. The fraction of sp³-hybridized carbons (Fsp3) is 0.588. The number of methoxy groups -OCH3 is 1. The summed E-state index contributed by atoms with van der Waals surface area (Å²) in [6, 6.07) is 4.63. The summed E-state index contributed by atoms with van der Waals surface area (Å²) in [4.78, 5) is 13.9. The van der Waals surface area contributed by atoms with Gasteiger partial charge in [-0.1, -0.05) is 6.07 Å². The Kier molecular flexibility index (Phi) is 4.02. The number of halogens is 3. The average Bonchev–Trinajstić information content (AvgIpc) is 2.88. The molecule has 1 saturated carbocycles. The van der Waals surface area contributed by atoms with Crippen LogP contribution in [0.15, 0.2) is 18.2 Å². The van der Waals surface area contributed by atoms with E-state index in [1.54, 1.807) is 11.0 Å². The van der Waals surface area contributed by atoms with Crippen molar-refractivity contribution in [2.45, 2.75) is 38.0 Å². The predicted molar refractivity (Wildman–Crippen MR) is 79.1 cm³/mol. The predicted octanol–water partition coefficient (Wildman–Crippen LogP) is 3.41. The van der Waals surface area contributed by atoms with Crippen LogP contribution >= 0.6 is 0 Å². The van der Waals surface area contributed by atoms with Gasteiger partial charge in [0.2, 0.25) is 11.8 Å². The van der Waals surface area contributed by atoms with Crippen LogP contribution in [-0.4, -0.2) is 36.9 Å². The molecule has 1 aromatic carbocycles. The number of hydrogen-bond donors (Lipinski definition) is 0. The molecule has 126 valence electrons. The second-order valence-corrected chi connectivity index (χ2v) is 6.74. The summed E-state index contributed by atoms with van der Waals surface area (Å²) in [5.74, 6) is -2.88. The third kappa shape index (κ3) is 3.31. The van der Waals surface area contributed by atoms with E-state index >= 15 is 0 Å². The molecular formula is C17H20F3NO2. The molecule has 0 unspecified atom stereocenters. The van der Waals surface area contributed by atoms with Crippen molar-refractivity contribution in [3.05, 3.63) is 29.6 Å². The van der Waals surface area contributed by atoms with Crippen molar-refractivity contribution in [2.75, 3.05) is 20.2 Å². The largest absolute Gasteiger partial charge is 0.494 e. The maximum atomic E-state index is 13.6. The monoisotopic (exact) mass is 327 g/mol. The highest BCUT2D eigenvalue weighted by Gasteiger charge is 2.59. The highest BCUT2D eigenvalue weighted by Crippen LogP contribution is 2.56. The van der Waals surface area contributed by atoms with Crippen molar-refractivity contribution in [3.63, 3.8) is 0 Å². The molecule has 0 aromatic heterocycles. The Bertz CT molecular complexity index is 610. The Balaban J connectivity index is 1.52. The molecule has 0 N–H and O–H groups in total. The van der Waals surface area contributed by atoms with Crippen LogP contribution in [0.25, 0.3) is 0 Å². The second kappa shape index (κ2) is 5.73. The van der Waals surface area contributed by atoms with E-state index in [4.69, 9.17) is 4.74 Å². The first-order chi connectivity index (χ1) is 10.8. The maximum absolute atomic E-state index is 13.6. The molecular weight excluding hydrogens is 307 g/mol. The first-order valence-electron chi connectivity index (χ1n) is 7.81. The summed E-state index contributed by atoms with van der Waals surface area (Å²) in [6.07, 6.45) is 1.14. The lowest BCUT2D eigenvalue weighted by molar-refractivity contribution is -0.158. The summed E-state index contributed by atoms with van der Waals surface area (Å²) >= 11 is 0. The summed E-state index contributed by atoms with van der Waals surface area (Å²) in [6.45, 7) is 0.976. The molecule has 3 nitrogen and oxygen atoms in total. The number of ether oxygens (including phenoxy) is 1. The summed E-state index contributed by atoms with van der Waals surface area (Å²) in [5, 5.41) is 0. The highest BCUT2D eigenvalue weighted by atomic mass is 19.3. The molecule has 3 rings (SSSR count). The Morgan fingerprint density at radius 2 is 2.09 bits per heavy atom. The van der Waals surface area contributed by atoms with Crippen molar-refractivity contribution in [2.24, 2.45) is 5.41 Å². The van der Waals surface area contributed by atoms with E-state index in [1.165, 1.54) is 19.2 Å². The Morgan fingerprint density at radius 1 is 1.35 bits per heavy atom. The molecule has 1 spiro atoms. The number of carbonyl (C=O) groups excluding carboxylic acids is 1. The molecule has 1 heterocycles. The minimum atomic E-state index is -2.56. The third-order valence-electron chi connectivity index (χ3n) is 4.90. The molecule has 1 aliphatic carbocycles. The lowest BCUT2D eigenvalue weighted by atomic mass is 9.65. The lowest BCUT2D eigenvalue weighted by Gasteiger charge is -2.44. The first-order valence-corrected chi connectivity index (χ1v) is 7.81. The van der Waals surface area contributed by atoms with E-state index in [0.29, 0.717) is 25.9 Å². The first kappa shape index (κ1) is 16.1. The van der Waals surface area contributed by atoms with Crippen LogP contribution in [0, 0.1) is 11.2 Å². The fourth-order valence-electron chi connectivity index (χ4n) is 3.76. The highest BCUT2D eigenvalue weighted by molar-refractivity contribution is 5.77. The Labute approximate surface area is 133 Å². The number of alkyl halides is 2. The zero-order valence-electron chi connectivity index (χ0n) is 13.1. The van der Waals surface area contributed by atoms with Gasteiger partial charge in [-0.3, -0.25) is 4.79 Å².